The van der Waals surface area contributed by atoms with E-state index in [1.54, 1.807) is 0 Å². The molecule has 0 aliphatic rings. The molecule has 0 bridgehead atoms. The van der Waals surface area contributed by atoms with Crippen LogP contribution in [0.15, 0.2) is 52.9 Å². The largest absolute Gasteiger partial charge is 0.460 e. The number of hydrogen-bond acceptors (Lipinski definition) is 5. The Hall–Kier alpha value is -6.12. The van der Waals surface area contributed by atoms with Crippen molar-refractivity contribution in [3.63, 3.8) is 0 Å². The van der Waals surface area contributed by atoms with Crippen molar-refractivity contribution >= 4 is 21.9 Å². The van der Waals surface area contributed by atoms with Gasteiger partial charge in [-0.3, -0.25) is 0 Å². The van der Waals surface area contributed by atoms with Crippen molar-refractivity contribution in [3.05, 3.63) is 71.3 Å². The van der Waals surface area contributed by atoms with Crippen LogP contribution >= 0.6 is 0 Å². The monoisotopic (exact) mass is 1200 g/mol. The third-order valence-electron chi connectivity index (χ3n) is 10.3. The number of hydrogen-bond donors (Lipinski definition) is 0. The van der Waals surface area contributed by atoms with Crippen molar-refractivity contribution in [1.82, 2.24) is 19.9 Å². The minimum atomic E-state index is -8.03. The molecule has 430 valence electrons. The molecule has 0 aliphatic heterocycles. The Morgan fingerprint density at radius 1 is 0.247 bits per heavy atom. The molecule has 0 N–H and O–H groups in total. The predicted molar refractivity (Wildman–Crippen MR) is 175 cm³/mol. The van der Waals surface area contributed by atoms with Gasteiger partial charge >= 0.3 is 95.8 Å². The van der Waals surface area contributed by atoms with E-state index in [2.05, 4.69) is 19.9 Å². The molecule has 2 aromatic carbocycles. The highest BCUT2D eigenvalue weighted by atomic mass is 19.5. The fourth-order valence-electron chi connectivity index (χ4n) is 6.00. The number of rotatable bonds is 14. The number of alkyl halides is 36. The molecule has 0 aliphatic carbocycles. The molecule has 41 heteroatoms. The minimum absolute atomic E-state index is 0.00375. The maximum Gasteiger partial charge on any atom is 0.460 e. The molecule has 0 atom stereocenters. The molecule has 3 aromatic heterocycles. The van der Waals surface area contributed by atoms with Gasteiger partial charge in [0.25, 0.3) is 0 Å². The van der Waals surface area contributed by atoms with Gasteiger partial charge in [-0.25, -0.2) is 19.9 Å². The van der Waals surface area contributed by atoms with Crippen LogP contribution in [0.25, 0.3) is 44.7 Å². The molecule has 0 amide bonds. The molecule has 0 saturated heterocycles. The van der Waals surface area contributed by atoms with Gasteiger partial charge in [-0.2, -0.15) is 158 Å². The number of benzene rings is 2. The third kappa shape index (κ3) is 8.75. The van der Waals surface area contributed by atoms with Gasteiger partial charge in [0.1, 0.15) is 33.9 Å². The van der Waals surface area contributed by atoms with Crippen LogP contribution in [0.5, 0.6) is 0 Å². The molecule has 0 spiro atoms. The summed E-state index contributed by atoms with van der Waals surface area (Å²) in [6.45, 7) is 0. The fourth-order valence-corrected chi connectivity index (χ4v) is 6.00. The second kappa shape index (κ2) is 17.2. The van der Waals surface area contributed by atoms with E-state index in [1.165, 1.54) is 0 Å². The lowest BCUT2D eigenvalue weighted by Crippen LogP contribution is -2.60. The Morgan fingerprint density at radius 2 is 0.494 bits per heavy atom. The van der Waals surface area contributed by atoms with Crippen LogP contribution in [0, 0.1) is 0 Å². The minimum Gasteiger partial charge on any atom is -0.456 e. The summed E-state index contributed by atoms with van der Waals surface area (Å²) < 4.78 is 506. The zero-order chi connectivity index (χ0) is 60.1. The van der Waals surface area contributed by atoms with Gasteiger partial charge in [-0.15, -0.1) is 0 Å². The van der Waals surface area contributed by atoms with E-state index >= 15 is 35.1 Å². The maximum absolute atomic E-state index is 15.1. The topological polar surface area (TPSA) is 64.7 Å². The first-order valence-electron chi connectivity index (χ1n) is 18.4. The van der Waals surface area contributed by atoms with Gasteiger partial charge in [0.15, 0.2) is 11.6 Å². The Kier molecular flexibility index (Phi) is 13.8. The van der Waals surface area contributed by atoms with Crippen LogP contribution in [0.1, 0.15) is 22.8 Å². The Bertz CT molecular complexity index is 2930. The van der Waals surface area contributed by atoms with E-state index in [9.17, 15) is 123 Å². The molecule has 0 radical (unpaired) electrons. The molecule has 5 aromatic rings. The summed E-state index contributed by atoms with van der Waals surface area (Å²) in [4.78, 5) is 9.12. The summed E-state index contributed by atoms with van der Waals surface area (Å²) in [6, 6.07) is -3.24. The van der Waals surface area contributed by atoms with Gasteiger partial charge in [-0.1, -0.05) is 6.07 Å². The smallest absolute Gasteiger partial charge is 0.456 e. The molecule has 0 unspecified atom stereocenters. The van der Waals surface area contributed by atoms with Gasteiger partial charge in [0.05, 0.1) is 0 Å². The first-order chi connectivity index (χ1) is 33.8. The summed E-state index contributed by atoms with van der Waals surface area (Å²) in [7, 11) is 0. The van der Waals surface area contributed by atoms with Crippen molar-refractivity contribution in [1.29, 1.82) is 0 Å². The normalized spacial score (nSPS) is 15.5. The second-order valence-corrected chi connectivity index (χ2v) is 15.3. The van der Waals surface area contributed by atoms with E-state index in [0.29, 0.717) is 0 Å². The molecular weight excluding hydrogens is 1190 g/mol. The predicted octanol–water partition coefficient (Wildman–Crippen LogP) is 16.2. The summed E-state index contributed by atoms with van der Waals surface area (Å²) in [5.41, 5.74) is -20.3. The number of halogens is 36. The van der Waals surface area contributed by atoms with Crippen LogP contribution in [0.2, 0.25) is 0 Å². The second-order valence-electron chi connectivity index (χ2n) is 15.3. The first kappa shape index (κ1) is 61.7. The summed E-state index contributed by atoms with van der Waals surface area (Å²) in [5.74, 6) is -99.0. The van der Waals surface area contributed by atoms with E-state index < -0.39 is 175 Å². The molecular formula is C36H8F36N4O. The van der Waals surface area contributed by atoms with Crippen molar-refractivity contribution in [3.8, 4) is 22.8 Å². The lowest BCUT2D eigenvalue weighted by Gasteiger charge is -2.35. The maximum atomic E-state index is 15.1. The molecule has 5 nitrogen and oxygen atoms in total. The number of nitrogens with zero attached hydrogens (tertiary/aromatic N) is 4. The molecule has 0 saturated carbocycles. The number of fused-ring (bicyclic) bond motifs is 3. The fraction of sp³-hybridized carbons (Fsp3) is 0.444. The van der Waals surface area contributed by atoms with Gasteiger partial charge < -0.3 is 4.42 Å². The van der Waals surface area contributed by atoms with Gasteiger partial charge in [0.2, 0.25) is 0 Å². The lowest BCUT2D eigenvalue weighted by molar-refractivity contribution is -0.401. The number of aromatic nitrogens is 4. The van der Waals surface area contributed by atoms with E-state index in [4.69, 9.17) is 4.42 Å². The van der Waals surface area contributed by atoms with Crippen molar-refractivity contribution in [2.45, 2.75) is 95.8 Å². The average Bonchev–Trinajstić information content (AvgIpc) is 3.63. The van der Waals surface area contributed by atoms with E-state index in [1.807, 2.05) is 0 Å². The standard InChI is InChI=1S/C36H8F36N4O/c37-21(38,25(45,46)29(53,54)33(61,62)63)15-7-16(22(39,40)26(47,48)30(55,56)34(64,65)66)74-19(73-15)9-2-4-13-12(5-9)11-3-1-10(6-14(11)77-13)20-75-17(23(41,42)27(49,50)31(57,58)35(67,68)69)8-18(76-20)24(43,44)28(51,52)32(59,60)36(70,71)72/h1-8H. The van der Waals surface area contributed by atoms with Crippen LogP contribution < -0.4 is 0 Å². The summed E-state index contributed by atoms with van der Waals surface area (Å²) in [6.07, 6.45) is -31.1. The first-order valence-corrected chi connectivity index (χ1v) is 18.4. The molecule has 77 heavy (non-hydrogen) atoms. The average molecular weight is 1200 g/mol. The Balaban J connectivity index is 1.82. The zero-order valence-corrected chi connectivity index (χ0v) is 34.4. The molecule has 0 fully saturated rings. The van der Waals surface area contributed by atoms with Gasteiger partial charge in [0, 0.05) is 21.9 Å². The highest BCUT2D eigenvalue weighted by Crippen LogP contribution is 2.62. The van der Waals surface area contributed by atoms with Crippen molar-refractivity contribution in [2.24, 2.45) is 0 Å². The SMILES string of the molecule is FC(F)(F)C(F)(F)C(F)(F)C(F)(F)c1cc(C(F)(F)C(F)(F)C(F)(F)C(F)(F)F)nc(-c2ccc3c(c2)oc2ccc(-c4nc(C(F)(F)C(F)(F)C(F)(F)C(F)(F)F)cc(C(F)(F)C(F)(F)C(F)(F)C(F)(F)F)n4)cc23)n1. The highest BCUT2D eigenvalue weighted by Gasteiger charge is 2.86. The quantitative estimate of drug-likeness (QED) is 0.104. The van der Waals surface area contributed by atoms with Crippen LogP contribution in [-0.4, -0.2) is 92.0 Å². The van der Waals surface area contributed by atoms with Crippen LogP contribution in [0.4, 0.5) is 158 Å². The third-order valence-corrected chi connectivity index (χ3v) is 10.3. The van der Waals surface area contributed by atoms with E-state index in [-0.39, 0.29) is 36.4 Å². The van der Waals surface area contributed by atoms with Gasteiger partial charge in [-0.05, 0) is 42.5 Å². The lowest BCUT2D eigenvalue weighted by atomic mass is 9.96. The highest BCUT2D eigenvalue weighted by molar-refractivity contribution is 6.07. The van der Waals surface area contributed by atoms with E-state index in [0.717, 1.165) is 0 Å². The zero-order valence-electron chi connectivity index (χ0n) is 34.4. The number of furan rings is 1. The Morgan fingerprint density at radius 3 is 0.753 bits per heavy atom. The van der Waals surface area contributed by atoms with Crippen molar-refractivity contribution in [2.75, 3.05) is 0 Å². The van der Waals surface area contributed by atoms with Crippen molar-refractivity contribution < 1.29 is 162 Å². The molecule has 3 heterocycles. The summed E-state index contributed by atoms with van der Waals surface area (Å²) >= 11 is 0. The van der Waals surface area contributed by atoms with Crippen LogP contribution in [0.3, 0.4) is 0 Å². The Labute approximate surface area is 394 Å². The van der Waals surface area contributed by atoms with Crippen LogP contribution in [-0.2, 0) is 23.7 Å². The summed E-state index contributed by atoms with van der Waals surface area (Å²) in [5, 5.41) is -1.91. The molecule has 5 rings (SSSR count).